The maximum atomic E-state index is 6.38. The average molecular weight is 871 g/mol. The quantitative estimate of drug-likeness (QED) is 0.166. The van der Waals surface area contributed by atoms with E-state index in [9.17, 15) is 0 Å². The standard InChI is InChI=1S/C62H38N4O2/c1-2-14-40(15-3-1)60-63-61(45-29-32-51-49-22-7-9-26-55(49)68-57(51)37-45)65-62(64-60)66-58-46-20-5-4-13-39(46)28-33-53(58)52-24-12-23-47(59(52)66)44-19-11-18-43(36-44)42-17-10-16-41(35-42)38-27-31-50-48-21-6-8-25-54(48)67-56(50)34-30-38/h1-30,32-37H,31H2. The Morgan fingerprint density at radius 1 is 0.382 bits per heavy atom. The lowest BCUT2D eigenvalue weighted by Crippen LogP contribution is -2.07. The van der Waals surface area contributed by atoms with Crippen molar-refractivity contribution in [2.45, 2.75) is 6.42 Å². The first kappa shape index (κ1) is 38.2. The van der Waals surface area contributed by atoms with Crippen molar-refractivity contribution in [2.24, 2.45) is 0 Å². The van der Waals surface area contributed by atoms with Gasteiger partial charge >= 0.3 is 0 Å². The van der Waals surface area contributed by atoms with Crippen LogP contribution in [0.5, 0.6) is 0 Å². The van der Waals surface area contributed by atoms with Gasteiger partial charge in [0.05, 0.1) is 11.0 Å². The highest BCUT2D eigenvalue weighted by Gasteiger charge is 2.23. The average Bonchev–Trinajstić information content (AvgIpc) is 4.03. The van der Waals surface area contributed by atoms with Crippen LogP contribution in [-0.2, 0) is 6.42 Å². The van der Waals surface area contributed by atoms with Crippen LogP contribution in [0.2, 0.25) is 0 Å². The number of allylic oxidation sites excluding steroid dienone is 3. The van der Waals surface area contributed by atoms with Crippen molar-refractivity contribution >= 4 is 77.1 Å². The Hall–Kier alpha value is -9.13. The first-order valence-electron chi connectivity index (χ1n) is 23.0. The highest BCUT2D eigenvalue weighted by molar-refractivity contribution is 6.21. The fraction of sp³-hybridized carbons (Fsp3) is 0.0161. The molecule has 0 bridgehead atoms. The number of para-hydroxylation sites is 3. The van der Waals surface area contributed by atoms with Crippen molar-refractivity contribution < 1.29 is 8.83 Å². The molecule has 0 saturated heterocycles. The Balaban J connectivity index is 0.949. The van der Waals surface area contributed by atoms with Crippen LogP contribution in [0, 0.1) is 0 Å². The fourth-order valence-electron chi connectivity index (χ4n) is 10.3. The Kier molecular flexibility index (Phi) is 8.55. The molecule has 0 N–H and O–H groups in total. The van der Waals surface area contributed by atoms with E-state index >= 15 is 0 Å². The van der Waals surface area contributed by atoms with Crippen molar-refractivity contribution in [3.8, 4) is 51.0 Å². The normalized spacial score (nSPS) is 12.7. The van der Waals surface area contributed by atoms with Gasteiger partial charge in [-0.1, -0.05) is 176 Å². The van der Waals surface area contributed by atoms with Crippen LogP contribution in [-0.4, -0.2) is 19.5 Å². The highest BCUT2D eigenvalue weighted by atomic mass is 16.3. The van der Waals surface area contributed by atoms with Crippen molar-refractivity contribution in [3.63, 3.8) is 0 Å². The molecule has 0 amide bonds. The summed E-state index contributed by atoms with van der Waals surface area (Å²) in [6.07, 6.45) is 7.41. The number of rotatable bonds is 6. The molecule has 0 unspecified atom stereocenters. The predicted octanol–water partition coefficient (Wildman–Crippen LogP) is 16.1. The minimum atomic E-state index is 0.533. The van der Waals surface area contributed by atoms with Gasteiger partial charge in [-0.15, -0.1) is 0 Å². The maximum absolute atomic E-state index is 6.38. The van der Waals surface area contributed by atoms with E-state index in [1.54, 1.807) is 0 Å². The summed E-state index contributed by atoms with van der Waals surface area (Å²) in [5.41, 5.74) is 14.3. The second-order valence-electron chi connectivity index (χ2n) is 17.5. The van der Waals surface area contributed by atoms with Gasteiger partial charge in [-0.2, -0.15) is 9.97 Å². The second-order valence-corrected chi connectivity index (χ2v) is 17.5. The first-order valence-corrected chi connectivity index (χ1v) is 23.0. The Labute approximate surface area is 390 Å². The molecule has 6 heteroatoms. The summed E-state index contributed by atoms with van der Waals surface area (Å²) in [4.78, 5) is 15.9. The van der Waals surface area contributed by atoms with Gasteiger partial charge in [0.1, 0.15) is 22.5 Å². The van der Waals surface area contributed by atoms with E-state index in [0.717, 1.165) is 111 Å². The predicted molar refractivity (Wildman–Crippen MR) is 278 cm³/mol. The molecule has 0 spiro atoms. The molecule has 0 fully saturated rings. The molecule has 13 aromatic rings. The molecule has 1 aliphatic rings. The van der Waals surface area contributed by atoms with Crippen molar-refractivity contribution in [1.29, 1.82) is 0 Å². The van der Waals surface area contributed by atoms with Crippen LogP contribution >= 0.6 is 0 Å². The molecule has 14 rings (SSSR count). The van der Waals surface area contributed by atoms with Crippen LogP contribution < -0.4 is 0 Å². The van der Waals surface area contributed by atoms with Crippen LogP contribution in [0.3, 0.4) is 0 Å². The summed E-state index contributed by atoms with van der Waals surface area (Å²) in [7, 11) is 0. The molecule has 4 aromatic heterocycles. The number of hydrogen-bond acceptors (Lipinski definition) is 5. The van der Waals surface area contributed by atoms with E-state index in [4.69, 9.17) is 23.8 Å². The summed E-state index contributed by atoms with van der Waals surface area (Å²) in [5.74, 6) is 2.60. The largest absolute Gasteiger partial charge is 0.456 e. The molecule has 0 atom stereocenters. The zero-order valence-corrected chi connectivity index (χ0v) is 36.6. The lowest BCUT2D eigenvalue weighted by atomic mass is 9.95. The minimum absolute atomic E-state index is 0.533. The van der Waals surface area contributed by atoms with E-state index < -0.39 is 0 Å². The highest BCUT2D eigenvalue weighted by Crippen LogP contribution is 2.42. The molecule has 0 radical (unpaired) electrons. The van der Waals surface area contributed by atoms with Crippen molar-refractivity contribution in [2.75, 3.05) is 0 Å². The van der Waals surface area contributed by atoms with E-state index in [1.165, 1.54) is 16.5 Å². The van der Waals surface area contributed by atoms with Gasteiger partial charge in [0, 0.05) is 54.6 Å². The molecule has 0 saturated carbocycles. The fourth-order valence-corrected chi connectivity index (χ4v) is 10.3. The number of nitrogens with zero attached hydrogens (tertiary/aromatic N) is 4. The molecule has 318 valence electrons. The van der Waals surface area contributed by atoms with Crippen molar-refractivity contribution in [3.05, 3.63) is 229 Å². The number of benzene rings is 9. The van der Waals surface area contributed by atoms with Crippen LogP contribution in [0.4, 0.5) is 0 Å². The van der Waals surface area contributed by atoms with Gasteiger partial charge in [0.25, 0.3) is 0 Å². The van der Waals surface area contributed by atoms with Gasteiger partial charge in [-0.05, 0) is 82.1 Å². The van der Waals surface area contributed by atoms with Crippen LogP contribution in [0.1, 0.15) is 16.9 Å². The third kappa shape index (κ3) is 6.15. The van der Waals surface area contributed by atoms with Gasteiger partial charge in [0.2, 0.25) is 5.95 Å². The lowest BCUT2D eigenvalue weighted by Gasteiger charge is -2.14. The van der Waals surface area contributed by atoms with Crippen molar-refractivity contribution in [1.82, 2.24) is 19.5 Å². The molecule has 1 aliphatic carbocycles. The SMILES string of the molecule is C1=Cc2oc3ccccc3c2CC=C1c1cccc(-c2cccc(-c3cccc4c5ccc6ccccc6c5n(-c5nc(-c6ccccc6)nc(-c6ccc7c(c6)oc6ccccc67)n5)c34)c2)c1. The topological polar surface area (TPSA) is 69.9 Å². The van der Waals surface area contributed by atoms with E-state index in [0.29, 0.717) is 17.6 Å². The number of aromatic nitrogens is 4. The Bertz CT molecular complexity index is 4240. The van der Waals surface area contributed by atoms with Crippen LogP contribution in [0.15, 0.2) is 221 Å². The summed E-state index contributed by atoms with van der Waals surface area (Å²) >= 11 is 0. The number of hydrogen-bond donors (Lipinski definition) is 0. The summed E-state index contributed by atoms with van der Waals surface area (Å²) < 4.78 is 14.9. The van der Waals surface area contributed by atoms with Gasteiger partial charge in [-0.25, -0.2) is 4.98 Å². The van der Waals surface area contributed by atoms with E-state index in [-0.39, 0.29) is 0 Å². The third-order valence-electron chi connectivity index (χ3n) is 13.5. The van der Waals surface area contributed by atoms with Gasteiger partial charge in [0.15, 0.2) is 11.6 Å². The zero-order valence-electron chi connectivity index (χ0n) is 36.6. The summed E-state index contributed by atoms with van der Waals surface area (Å²) in [5, 5.41) is 7.78. The molecule has 68 heavy (non-hydrogen) atoms. The molecule has 0 aliphatic heterocycles. The summed E-state index contributed by atoms with van der Waals surface area (Å²) in [6, 6.07) is 70.2. The molecule has 6 nitrogen and oxygen atoms in total. The lowest BCUT2D eigenvalue weighted by molar-refractivity contribution is 0.600. The zero-order chi connectivity index (χ0) is 44.7. The molecular formula is C62H38N4O2. The van der Waals surface area contributed by atoms with Gasteiger partial charge < -0.3 is 8.83 Å². The maximum Gasteiger partial charge on any atom is 0.238 e. The summed E-state index contributed by atoms with van der Waals surface area (Å²) in [6.45, 7) is 0. The molecular weight excluding hydrogens is 833 g/mol. The third-order valence-corrected chi connectivity index (χ3v) is 13.5. The molecule has 9 aromatic carbocycles. The molecule has 4 heterocycles. The number of furan rings is 2. The van der Waals surface area contributed by atoms with E-state index in [2.05, 4.69) is 174 Å². The second kappa shape index (κ2) is 15.2. The monoisotopic (exact) mass is 870 g/mol. The Morgan fingerprint density at radius 3 is 1.85 bits per heavy atom. The smallest absolute Gasteiger partial charge is 0.238 e. The number of fused-ring (bicyclic) bond motifs is 11. The first-order chi connectivity index (χ1) is 33.7. The minimum Gasteiger partial charge on any atom is -0.456 e. The Morgan fingerprint density at radius 2 is 1.00 bits per heavy atom. The van der Waals surface area contributed by atoms with Crippen LogP contribution in [0.25, 0.3) is 128 Å². The van der Waals surface area contributed by atoms with Gasteiger partial charge in [-0.3, -0.25) is 4.57 Å². The van der Waals surface area contributed by atoms with E-state index in [1.807, 2.05) is 48.5 Å².